The third kappa shape index (κ3) is 7.40. The minimum absolute atomic E-state index is 0.0882. The number of nitrogens with zero attached hydrogens (tertiary/aromatic N) is 4. The van der Waals surface area contributed by atoms with E-state index in [1.165, 1.54) is 65.7 Å². The van der Waals surface area contributed by atoms with Gasteiger partial charge in [-0.1, -0.05) is 211 Å². The smallest absolute Gasteiger partial charge is 0.257 e. The van der Waals surface area contributed by atoms with Crippen LogP contribution in [0.25, 0.3) is 122 Å². The van der Waals surface area contributed by atoms with Gasteiger partial charge in [0.2, 0.25) is 0 Å². The molecule has 15 aromatic rings. The summed E-state index contributed by atoms with van der Waals surface area (Å²) >= 11 is 0. The van der Waals surface area contributed by atoms with E-state index in [2.05, 4.69) is 298 Å². The third-order valence-corrected chi connectivity index (χ3v) is 18.4. The normalized spacial score (nSPS) is 13.0. The van der Waals surface area contributed by atoms with Crippen molar-refractivity contribution in [1.29, 1.82) is 0 Å². The largest absolute Gasteiger partial charge is 0.457 e. The van der Waals surface area contributed by atoms with Crippen molar-refractivity contribution >= 4 is 106 Å². The lowest BCUT2D eigenvalue weighted by atomic mass is 9.33. The number of anilines is 3. The fraction of sp³-hybridized carbons (Fsp3) is 0.101. The molecule has 6 heteroatoms. The maximum atomic E-state index is 7.37. The van der Waals surface area contributed by atoms with Crippen LogP contribution in [0.15, 0.2) is 253 Å². The van der Waals surface area contributed by atoms with Gasteiger partial charge < -0.3 is 18.5 Å². The van der Waals surface area contributed by atoms with E-state index in [4.69, 9.17) is 9.40 Å². The van der Waals surface area contributed by atoms with Gasteiger partial charge in [0, 0.05) is 78.0 Å². The van der Waals surface area contributed by atoms with Crippen LogP contribution in [0.2, 0.25) is 0 Å². The van der Waals surface area contributed by atoms with E-state index >= 15 is 0 Å². The van der Waals surface area contributed by atoms with Gasteiger partial charge in [0.25, 0.3) is 6.71 Å². The number of hydrogen-bond acceptors (Lipinski definition) is 3. The molecule has 0 fully saturated rings. The minimum atomic E-state index is -0.276. The summed E-state index contributed by atoms with van der Waals surface area (Å²) in [4.78, 5) is 7.70. The van der Waals surface area contributed by atoms with Gasteiger partial charge in [0.05, 0.1) is 33.4 Å². The minimum Gasteiger partial charge on any atom is -0.457 e. The standard InChI is InChI=1S/C79H59BN4O/c1-78(2,3)53-26-19-24-50(40-53)56-33-21-34-57(51-25-20-27-54(41-51)79(4,5)6)75(56)84-69-46-61-58-30-13-16-35-66(58)82(55-28-11-8-12-29-55)68(61)47-64(69)80-73-70(43-52(44-71(73)84)49-38-39-81-65(42-49)48-22-9-7-10-23-48)83-67-36-17-14-31-59(67)62-45-63-60-32-15-18-37-72(60)85-77(63)74(80)76(62)83/h7-47H,1-6H3. The average Bonchev–Trinajstić information content (AvgIpc) is 1.65. The molecule has 0 spiro atoms. The fourth-order valence-electron chi connectivity index (χ4n) is 14.4. The summed E-state index contributed by atoms with van der Waals surface area (Å²) in [5.41, 5.74) is 26.9. The molecule has 0 aliphatic carbocycles. The molecule has 6 heterocycles. The van der Waals surface area contributed by atoms with Gasteiger partial charge in [0.15, 0.2) is 0 Å². The highest BCUT2D eigenvalue weighted by Gasteiger charge is 2.46. The molecule has 17 rings (SSSR count). The summed E-state index contributed by atoms with van der Waals surface area (Å²) in [6.45, 7) is 13.6. The Kier molecular flexibility index (Phi) is 10.6. The van der Waals surface area contributed by atoms with Gasteiger partial charge in [-0.25, -0.2) is 0 Å². The monoisotopic (exact) mass is 1090 g/mol. The van der Waals surface area contributed by atoms with Crippen LogP contribution in [0.5, 0.6) is 0 Å². The molecule has 0 saturated carbocycles. The molecule has 11 aromatic carbocycles. The number of benzene rings is 11. The van der Waals surface area contributed by atoms with Gasteiger partial charge in [0.1, 0.15) is 11.2 Å². The summed E-state index contributed by atoms with van der Waals surface area (Å²) in [5.74, 6) is 0. The second-order valence-electron chi connectivity index (χ2n) is 25.5. The molecule has 0 N–H and O–H groups in total. The highest BCUT2D eigenvalue weighted by molar-refractivity contribution is 7.01. The van der Waals surface area contributed by atoms with E-state index < -0.39 is 0 Å². The van der Waals surface area contributed by atoms with Crippen molar-refractivity contribution in [1.82, 2.24) is 14.1 Å². The molecular weight excluding hydrogens is 1030 g/mol. The lowest BCUT2D eigenvalue weighted by Gasteiger charge is -2.42. The summed E-state index contributed by atoms with van der Waals surface area (Å²) in [5, 5.41) is 7.05. The Morgan fingerprint density at radius 1 is 0.388 bits per heavy atom. The Bertz CT molecular complexity index is 5210. The van der Waals surface area contributed by atoms with Crippen molar-refractivity contribution < 1.29 is 4.42 Å². The van der Waals surface area contributed by atoms with Crippen LogP contribution < -0.4 is 21.3 Å². The summed E-state index contributed by atoms with van der Waals surface area (Å²) in [6.07, 6.45) is 1.98. The molecule has 404 valence electrons. The number of pyridine rings is 1. The number of fused-ring (bicyclic) bond motifs is 14. The van der Waals surface area contributed by atoms with E-state index in [1.54, 1.807) is 0 Å². The zero-order valence-electron chi connectivity index (χ0n) is 48.4. The van der Waals surface area contributed by atoms with Crippen LogP contribution in [0.4, 0.5) is 17.1 Å². The number of aromatic nitrogens is 3. The number of hydrogen-bond donors (Lipinski definition) is 0. The van der Waals surface area contributed by atoms with Crippen molar-refractivity contribution in [2.45, 2.75) is 52.4 Å². The summed E-state index contributed by atoms with van der Waals surface area (Å²) in [6, 6.07) is 90.6. The first-order valence-corrected chi connectivity index (χ1v) is 29.8. The van der Waals surface area contributed by atoms with Crippen LogP contribution >= 0.6 is 0 Å². The first-order chi connectivity index (χ1) is 41.4. The van der Waals surface area contributed by atoms with Gasteiger partial charge in [-0.05, 0) is 133 Å². The lowest BCUT2D eigenvalue weighted by Crippen LogP contribution is -2.60. The molecule has 5 nitrogen and oxygen atoms in total. The van der Waals surface area contributed by atoms with Gasteiger partial charge in [-0.15, -0.1) is 0 Å². The maximum absolute atomic E-state index is 7.37. The Hall–Kier alpha value is -10.2. The van der Waals surface area contributed by atoms with Gasteiger partial charge in [-0.3, -0.25) is 4.98 Å². The van der Waals surface area contributed by atoms with Crippen molar-refractivity contribution in [2.75, 3.05) is 4.90 Å². The van der Waals surface area contributed by atoms with E-state index in [-0.39, 0.29) is 17.5 Å². The van der Waals surface area contributed by atoms with Crippen molar-refractivity contribution in [3.63, 3.8) is 0 Å². The number of furan rings is 1. The number of para-hydroxylation sites is 5. The molecule has 2 aliphatic rings. The first kappa shape index (κ1) is 49.4. The van der Waals surface area contributed by atoms with Gasteiger partial charge in [-0.2, -0.15) is 0 Å². The highest BCUT2D eigenvalue weighted by atomic mass is 16.3. The van der Waals surface area contributed by atoms with Gasteiger partial charge >= 0.3 is 0 Å². The van der Waals surface area contributed by atoms with Crippen molar-refractivity contribution in [3.8, 4) is 56.0 Å². The molecule has 0 bridgehead atoms. The van der Waals surface area contributed by atoms with Crippen LogP contribution in [-0.4, -0.2) is 20.8 Å². The maximum Gasteiger partial charge on any atom is 0.257 e. The molecule has 0 radical (unpaired) electrons. The van der Waals surface area contributed by atoms with E-state index in [0.29, 0.717) is 0 Å². The summed E-state index contributed by atoms with van der Waals surface area (Å²) in [7, 11) is 0. The van der Waals surface area contributed by atoms with Crippen LogP contribution in [0.3, 0.4) is 0 Å². The Morgan fingerprint density at radius 3 is 1.67 bits per heavy atom. The molecule has 4 aromatic heterocycles. The fourth-order valence-corrected chi connectivity index (χ4v) is 14.4. The lowest BCUT2D eigenvalue weighted by molar-refractivity contribution is 0.590. The second-order valence-corrected chi connectivity index (χ2v) is 25.5. The van der Waals surface area contributed by atoms with E-state index in [0.717, 1.165) is 100 Å². The average molecular weight is 1090 g/mol. The van der Waals surface area contributed by atoms with Crippen LogP contribution in [0.1, 0.15) is 52.7 Å². The Labute approximate surface area is 494 Å². The first-order valence-electron chi connectivity index (χ1n) is 29.8. The Morgan fingerprint density at radius 2 is 0.976 bits per heavy atom. The molecule has 0 amide bonds. The zero-order chi connectivity index (χ0) is 57.0. The van der Waals surface area contributed by atoms with E-state index in [9.17, 15) is 0 Å². The topological polar surface area (TPSA) is 39.1 Å². The van der Waals surface area contributed by atoms with Crippen LogP contribution in [0, 0.1) is 0 Å². The summed E-state index contributed by atoms with van der Waals surface area (Å²) < 4.78 is 12.4. The zero-order valence-corrected chi connectivity index (χ0v) is 48.4. The highest BCUT2D eigenvalue weighted by Crippen LogP contribution is 2.52. The van der Waals surface area contributed by atoms with E-state index in [1.807, 2.05) is 6.20 Å². The SMILES string of the molecule is CC(C)(C)c1cccc(-c2cccc(-c3cccc(C(C)(C)C)c3)c2N2c3cc4c5ccccc5n(-c5ccccc5)c4cc3B3c4c2cc(-c2ccnc(-c5ccccc5)c2)cc4-n2c4ccccc4c4cc5c(oc6ccccc65)c3c42)c1. The van der Waals surface area contributed by atoms with Crippen LogP contribution in [-0.2, 0) is 10.8 Å². The predicted octanol–water partition coefficient (Wildman–Crippen LogP) is 19.1. The molecule has 0 unspecified atom stereocenters. The second kappa shape index (κ2) is 18.2. The quantitative estimate of drug-likeness (QED) is 0.156. The predicted molar refractivity (Wildman–Crippen MR) is 359 cm³/mol. The molecule has 0 atom stereocenters. The molecule has 85 heavy (non-hydrogen) atoms. The van der Waals surface area contributed by atoms with Crippen molar-refractivity contribution in [2.24, 2.45) is 0 Å². The number of rotatable bonds is 6. The Balaban J connectivity index is 1.09. The molecule has 2 aliphatic heterocycles. The van der Waals surface area contributed by atoms with Crippen molar-refractivity contribution in [3.05, 3.63) is 260 Å². The third-order valence-electron chi connectivity index (χ3n) is 18.4. The molecule has 0 saturated heterocycles. The molecular formula is C79H59BN4O.